The summed E-state index contributed by atoms with van der Waals surface area (Å²) in [5.74, 6) is 2.54. The van der Waals surface area contributed by atoms with Crippen molar-refractivity contribution in [3.63, 3.8) is 0 Å². The van der Waals surface area contributed by atoms with Crippen LogP contribution >= 0.6 is 24.0 Å². The molecule has 2 aliphatic heterocycles. The molecule has 6 heteroatoms. The zero-order valence-electron chi connectivity index (χ0n) is 18.4. The molecule has 0 bridgehead atoms. The highest BCUT2D eigenvalue weighted by Gasteiger charge is 2.24. The van der Waals surface area contributed by atoms with Gasteiger partial charge in [-0.1, -0.05) is 31.2 Å². The minimum atomic E-state index is 0. The summed E-state index contributed by atoms with van der Waals surface area (Å²) >= 11 is 0. The summed E-state index contributed by atoms with van der Waals surface area (Å²) in [6.45, 7) is 12.6. The summed E-state index contributed by atoms with van der Waals surface area (Å²) in [7, 11) is 1.79. The van der Waals surface area contributed by atoms with Crippen LogP contribution in [0.1, 0.15) is 44.2 Å². The first-order valence-electron chi connectivity index (χ1n) is 11.0. The molecule has 1 aromatic rings. The minimum Gasteiger partial charge on any atom is -0.384 e. The van der Waals surface area contributed by atoms with E-state index in [1.165, 1.54) is 43.5 Å². The van der Waals surface area contributed by atoms with E-state index in [4.69, 9.17) is 9.73 Å². The van der Waals surface area contributed by atoms with Crippen molar-refractivity contribution in [2.45, 2.75) is 46.2 Å². The number of piperidine rings is 1. The average Bonchev–Trinajstić information content (AvgIpc) is 3.17. The number of methoxy groups -OCH3 is 1. The molecular formula is C23H39IN4O. The largest absolute Gasteiger partial charge is 0.384 e. The topological polar surface area (TPSA) is 40.1 Å². The van der Waals surface area contributed by atoms with Gasteiger partial charge in [0.15, 0.2) is 5.96 Å². The first-order valence-corrected chi connectivity index (χ1v) is 11.0. The molecule has 0 radical (unpaired) electrons. The molecule has 3 rings (SSSR count). The Bertz CT molecular complexity index is 614. The number of nitrogens with zero attached hydrogens (tertiary/aromatic N) is 3. The van der Waals surface area contributed by atoms with Gasteiger partial charge in [-0.15, -0.1) is 24.0 Å². The number of ether oxygens (including phenoxy) is 1. The highest BCUT2D eigenvalue weighted by molar-refractivity contribution is 14.0. The third-order valence-electron chi connectivity index (χ3n) is 6.04. The monoisotopic (exact) mass is 514 g/mol. The van der Waals surface area contributed by atoms with Gasteiger partial charge in [-0.25, -0.2) is 4.99 Å². The van der Waals surface area contributed by atoms with Gasteiger partial charge in [-0.2, -0.15) is 0 Å². The molecule has 1 unspecified atom stereocenters. The van der Waals surface area contributed by atoms with Gasteiger partial charge in [-0.3, -0.25) is 4.90 Å². The molecule has 2 aliphatic rings. The molecule has 2 fully saturated rings. The lowest BCUT2D eigenvalue weighted by molar-refractivity contribution is 0.157. The van der Waals surface area contributed by atoms with Crippen LogP contribution in [0.2, 0.25) is 0 Å². The van der Waals surface area contributed by atoms with Crippen molar-refractivity contribution in [1.82, 2.24) is 15.1 Å². The SMILES string of the molecule is CCNC(=NCc1ccc(CN2CCC(C)CC2)cc1)N1CCC(COC)C1.I. The number of nitrogens with one attached hydrogen (secondary N) is 1. The molecular weight excluding hydrogens is 475 g/mol. The van der Waals surface area contributed by atoms with E-state index in [2.05, 4.69) is 53.2 Å². The van der Waals surface area contributed by atoms with Crippen LogP contribution < -0.4 is 5.32 Å². The van der Waals surface area contributed by atoms with E-state index in [1.807, 2.05) is 0 Å². The van der Waals surface area contributed by atoms with E-state index >= 15 is 0 Å². The fraction of sp³-hybridized carbons (Fsp3) is 0.696. The van der Waals surface area contributed by atoms with Crippen molar-refractivity contribution in [1.29, 1.82) is 0 Å². The molecule has 1 aromatic carbocycles. The smallest absolute Gasteiger partial charge is 0.194 e. The van der Waals surface area contributed by atoms with Gasteiger partial charge in [0.05, 0.1) is 13.2 Å². The molecule has 164 valence electrons. The lowest BCUT2D eigenvalue weighted by atomic mass is 9.99. The van der Waals surface area contributed by atoms with Crippen molar-refractivity contribution in [2.75, 3.05) is 46.4 Å². The van der Waals surface area contributed by atoms with Crippen molar-refractivity contribution in [2.24, 2.45) is 16.8 Å². The molecule has 2 saturated heterocycles. The van der Waals surface area contributed by atoms with Crippen LogP contribution in [-0.4, -0.2) is 62.2 Å². The molecule has 0 saturated carbocycles. The molecule has 1 N–H and O–H groups in total. The molecule has 0 aliphatic carbocycles. The fourth-order valence-electron chi connectivity index (χ4n) is 4.22. The summed E-state index contributed by atoms with van der Waals surface area (Å²) in [5, 5.41) is 3.45. The number of likely N-dealkylation sites (tertiary alicyclic amines) is 2. The minimum absolute atomic E-state index is 0. The maximum absolute atomic E-state index is 5.32. The Morgan fingerprint density at radius 3 is 2.45 bits per heavy atom. The Hall–Kier alpha value is -0.860. The number of hydrogen-bond acceptors (Lipinski definition) is 3. The summed E-state index contributed by atoms with van der Waals surface area (Å²) in [4.78, 5) is 9.85. The van der Waals surface area contributed by atoms with Crippen LogP contribution in [0.15, 0.2) is 29.3 Å². The first kappa shape index (κ1) is 24.4. The first-order chi connectivity index (χ1) is 13.7. The molecule has 29 heavy (non-hydrogen) atoms. The van der Waals surface area contributed by atoms with E-state index < -0.39 is 0 Å². The summed E-state index contributed by atoms with van der Waals surface area (Å²) in [6.07, 6.45) is 3.85. The molecule has 5 nitrogen and oxygen atoms in total. The number of guanidine groups is 1. The Kier molecular flexibility index (Phi) is 10.7. The van der Waals surface area contributed by atoms with Gasteiger partial charge in [0.1, 0.15) is 0 Å². The lowest BCUT2D eigenvalue weighted by Crippen LogP contribution is -2.40. The van der Waals surface area contributed by atoms with Gasteiger partial charge in [0, 0.05) is 39.2 Å². The third kappa shape index (κ3) is 7.72. The van der Waals surface area contributed by atoms with Crippen molar-refractivity contribution in [3.8, 4) is 0 Å². The maximum atomic E-state index is 5.32. The van der Waals surface area contributed by atoms with E-state index in [0.29, 0.717) is 5.92 Å². The van der Waals surface area contributed by atoms with Crippen LogP contribution in [0.3, 0.4) is 0 Å². The van der Waals surface area contributed by atoms with Crippen LogP contribution in [0, 0.1) is 11.8 Å². The Balaban J connectivity index is 0.00000300. The molecule has 1 atom stereocenters. The van der Waals surface area contributed by atoms with Gasteiger partial charge in [0.2, 0.25) is 0 Å². The third-order valence-corrected chi connectivity index (χ3v) is 6.04. The van der Waals surface area contributed by atoms with Crippen LogP contribution in [-0.2, 0) is 17.8 Å². The Labute approximate surface area is 194 Å². The van der Waals surface area contributed by atoms with E-state index in [9.17, 15) is 0 Å². The van der Waals surface area contributed by atoms with Crippen LogP contribution in [0.5, 0.6) is 0 Å². The highest BCUT2D eigenvalue weighted by atomic mass is 127. The summed E-state index contributed by atoms with van der Waals surface area (Å²) in [5.41, 5.74) is 2.69. The zero-order chi connectivity index (χ0) is 19.8. The van der Waals surface area contributed by atoms with E-state index in [0.717, 1.165) is 51.2 Å². The van der Waals surface area contributed by atoms with Crippen LogP contribution in [0.25, 0.3) is 0 Å². The molecule has 2 heterocycles. The normalized spacial score (nSPS) is 21.3. The summed E-state index contributed by atoms with van der Waals surface area (Å²) in [6, 6.07) is 9.04. The molecule has 0 amide bonds. The fourth-order valence-corrected chi connectivity index (χ4v) is 4.22. The second-order valence-electron chi connectivity index (χ2n) is 8.50. The van der Waals surface area contributed by atoms with Crippen molar-refractivity contribution in [3.05, 3.63) is 35.4 Å². The van der Waals surface area contributed by atoms with Crippen molar-refractivity contribution >= 4 is 29.9 Å². The van der Waals surface area contributed by atoms with Gasteiger partial charge in [0.25, 0.3) is 0 Å². The average molecular weight is 514 g/mol. The van der Waals surface area contributed by atoms with E-state index in [1.54, 1.807) is 7.11 Å². The number of halogens is 1. The van der Waals surface area contributed by atoms with Gasteiger partial charge >= 0.3 is 0 Å². The maximum Gasteiger partial charge on any atom is 0.194 e. The second kappa shape index (κ2) is 12.7. The number of benzene rings is 1. The number of rotatable bonds is 7. The number of hydrogen-bond donors (Lipinski definition) is 1. The predicted molar refractivity (Wildman–Crippen MR) is 132 cm³/mol. The highest BCUT2D eigenvalue weighted by Crippen LogP contribution is 2.19. The van der Waals surface area contributed by atoms with Gasteiger partial charge < -0.3 is 15.0 Å². The summed E-state index contributed by atoms with van der Waals surface area (Å²) < 4.78 is 5.32. The Morgan fingerprint density at radius 1 is 1.10 bits per heavy atom. The quantitative estimate of drug-likeness (QED) is 0.340. The predicted octanol–water partition coefficient (Wildman–Crippen LogP) is 3.97. The van der Waals surface area contributed by atoms with E-state index in [-0.39, 0.29) is 24.0 Å². The Morgan fingerprint density at radius 2 is 1.79 bits per heavy atom. The van der Waals surface area contributed by atoms with Gasteiger partial charge in [-0.05, 0) is 56.3 Å². The second-order valence-corrected chi connectivity index (χ2v) is 8.50. The molecule has 0 aromatic heterocycles. The van der Waals surface area contributed by atoms with Crippen LogP contribution in [0.4, 0.5) is 0 Å². The molecule has 0 spiro atoms. The number of aliphatic imine (C=N–C) groups is 1. The van der Waals surface area contributed by atoms with Crippen molar-refractivity contribution < 1.29 is 4.74 Å². The zero-order valence-corrected chi connectivity index (χ0v) is 20.7. The standard InChI is InChI=1S/C23H38N4O.HI/c1-4-24-23(27-14-11-22(17-27)18-28-3)25-15-20-5-7-21(8-6-20)16-26-12-9-19(2)10-13-26;/h5-8,19,22H,4,9-18H2,1-3H3,(H,24,25);1H. The lowest BCUT2D eigenvalue weighted by Gasteiger charge is -2.30.